The Bertz CT molecular complexity index is 229. The molecule has 68 valence electrons. The van der Waals surface area contributed by atoms with E-state index in [0.717, 1.165) is 6.54 Å². The lowest BCUT2D eigenvalue weighted by atomic mass is 10.2. The summed E-state index contributed by atoms with van der Waals surface area (Å²) >= 11 is 1.85. The van der Waals surface area contributed by atoms with Crippen LogP contribution in [0.1, 0.15) is 36.8 Å². The number of thiophene rings is 1. The molecule has 0 radical (unpaired) electrons. The van der Waals surface area contributed by atoms with Gasteiger partial charge in [0.1, 0.15) is 0 Å². The van der Waals surface area contributed by atoms with Crippen molar-refractivity contribution in [3.8, 4) is 0 Å². The SMILES string of the molecule is CCCN[C@H](C)c1sccc1C. The molecule has 0 aliphatic rings. The third-order valence-electron chi connectivity index (χ3n) is 2.00. The molecule has 0 fully saturated rings. The number of nitrogens with one attached hydrogen (secondary N) is 1. The van der Waals surface area contributed by atoms with Crippen LogP contribution in [0.15, 0.2) is 11.4 Å². The number of aryl methyl sites for hydroxylation is 1. The quantitative estimate of drug-likeness (QED) is 0.756. The van der Waals surface area contributed by atoms with Crippen molar-refractivity contribution in [2.24, 2.45) is 0 Å². The molecule has 2 heteroatoms. The summed E-state index contributed by atoms with van der Waals surface area (Å²) in [6.45, 7) is 7.71. The third-order valence-corrected chi connectivity index (χ3v) is 3.20. The second kappa shape index (κ2) is 4.63. The van der Waals surface area contributed by atoms with Crippen molar-refractivity contribution in [1.82, 2.24) is 5.32 Å². The molecule has 0 unspecified atom stereocenters. The number of rotatable bonds is 4. The van der Waals surface area contributed by atoms with Gasteiger partial charge in [-0.3, -0.25) is 0 Å². The highest BCUT2D eigenvalue weighted by atomic mass is 32.1. The molecule has 12 heavy (non-hydrogen) atoms. The fourth-order valence-corrected chi connectivity index (χ4v) is 2.24. The fourth-order valence-electron chi connectivity index (χ4n) is 1.28. The molecule has 0 bridgehead atoms. The molecule has 0 saturated heterocycles. The van der Waals surface area contributed by atoms with Crippen molar-refractivity contribution in [2.45, 2.75) is 33.2 Å². The van der Waals surface area contributed by atoms with Crippen LogP contribution in [0.3, 0.4) is 0 Å². The van der Waals surface area contributed by atoms with Crippen LogP contribution in [0.2, 0.25) is 0 Å². The Morgan fingerprint density at radius 2 is 2.33 bits per heavy atom. The highest BCUT2D eigenvalue weighted by Gasteiger charge is 2.07. The summed E-state index contributed by atoms with van der Waals surface area (Å²) in [5.74, 6) is 0. The first-order valence-corrected chi connectivity index (χ1v) is 5.41. The first-order chi connectivity index (χ1) is 5.75. The summed E-state index contributed by atoms with van der Waals surface area (Å²) in [7, 11) is 0. The average Bonchev–Trinajstić information content (AvgIpc) is 2.47. The van der Waals surface area contributed by atoms with Gasteiger partial charge in [0.25, 0.3) is 0 Å². The van der Waals surface area contributed by atoms with Crippen LogP contribution in [0, 0.1) is 6.92 Å². The summed E-state index contributed by atoms with van der Waals surface area (Å²) in [6.07, 6.45) is 1.20. The maximum atomic E-state index is 3.49. The zero-order chi connectivity index (χ0) is 8.97. The smallest absolute Gasteiger partial charge is 0.0388 e. The van der Waals surface area contributed by atoms with E-state index in [1.165, 1.54) is 16.9 Å². The first kappa shape index (κ1) is 9.75. The van der Waals surface area contributed by atoms with Crippen LogP contribution < -0.4 is 5.32 Å². The molecule has 0 aliphatic heterocycles. The Labute approximate surface area is 78.8 Å². The van der Waals surface area contributed by atoms with Gasteiger partial charge in [-0.25, -0.2) is 0 Å². The summed E-state index contributed by atoms with van der Waals surface area (Å²) in [6, 6.07) is 2.70. The normalized spacial score (nSPS) is 13.2. The van der Waals surface area contributed by atoms with Crippen molar-refractivity contribution >= 4 is 11.3 Å². The number of hydrogen-bond acceptors (Lipinski definition) is 2. The van der Waals surface area contributed by atoms with Crippen molar-refractivity contribution < 1.29 is 0 Å². The molecule has 1 heterocycles. The molecule has 0 aliphatic carbocycles. The maximum absolute atomic E-state index is 3.49. The largest absolute Gasteiger partial charge is 0.309 e. The van der Waals surface area contributed by atoms with E-state index < -0.39 is 0 Å². The highest BCUT2D eigenvalue weighted by molar-refractivity contribution is 7.10. The molecule has 0 amide bonds. The molecule has 0 saturated carbocycles. The molecule has 1 aromatic heterocycles. The van der Waals surface area contributed by atoms with E-state index in [9.17, 15) is 0 Å². The van der Waals surface area contributed by atoms with Gasteiger partial charge in [-0.05, 0) is 43.8 Å². The van der Waals surface area contributed by atoms with Gasteiger partial charge in [-0.1, -0.05) is 6.92 Å². The Kier molecular flexibility index (Phi) is 3.76. The predicted octanol–water partition coefficient (Wildman–Crippen LogP) is 3.12. The topological polar surface area (TPSA) is 12.0 Å². The zero-order valence-corrected chi connectivity index (χ0v) is 8.87. The monoisotopic (exact) mass is 183 g/mol. The Balaban J connectivity index is 2.52. The van der Waals surface area contributed by atoms with Crippen molar-refractivity contribution in [3.63, 3.8) is 0 Å². The molecule has 0 aromatic carbocycles. The summed E-state index contributed by atoms with van der Waals surface area (Å²) < 4.78 is 0. The molecule has 1 N–H and O–H groups in total. The third kappa shape index (κ3) is 2.32. The summed E-state index contributed by atoms with van der Waals surface area (Å²) in [4.78, 5) is 1.48. The Morgan fingerprint density at radius 1 is 1.58 bits per heavy atom. The van der Waals surface area contributed by atoms with Gasteiger partial charge in [0.15, 0.2) is 0 Å². The lowest BCUT2D eigenvalue weighted by Crippen LogP contribution is -2.18. The molecule has 1 aromatic rings. The van der Waals surface area contributed by atoms with E-state index in [1.807, 2.05) is 11.3 Å². The van der Waals surface area contributed by atoms with Gasteiger partial charge in [-0.15, -0.1) is 11.3 Å². The van der Waals surface area contributed by atoms with Gasteiger partial charge in [0.05, 0.1) is 0 Å². The van der Waals surface area contributed by atoms with E-state index in [0.29, 0.717) is 6.04 Å². The fraction of sp³-hybridized carbons (Fsp3) is 0.600. The van der Waals surface area contributed by atoms with Gasteiger partial charge < -0.3 is 5.32 Å². The minimum absolute atomic E-state index is 0.518. The van der Waals surface area contributed by atoms with Crippen LogP contribution in [-0.2, 0) is 0 Å². The zero-order valence-electron chi connectivity index (χ0n) is 8.05. The van der Waals surface area contributed by atoms with Crippen LogP contribution in [0.25, 0.3) is 0 Å². The number of hydrogen-bond donors (Lipinski definition) is 1. The van der Waals surface area contributed by atoms with Crippen LogP contribution in [0.4, 0.5) is 0 Å². The van der Waals surface area contributed by atoms with E-state index >= 15 is 0 Å². The minimum Gasteiger partial charge on any atom is -0.309 e. The molecular formula is C10H17NS. The summed E-state index contributed by atoms with van der Waals surface area (Å²) in [5, 5.41) is 5.65. The van der Waals surface area contributed by atoms with Gasteiger partial charge >= 0.3 is 0 Å². The van der Waals surface area contributed by atoms with Crippen LogP contribution >= 0.6 is 11.3 Å². The highest BCUT2D eigenvalue weighted by Crippen LogP contribution is 2.22. The minimum atomic E-state index is 0.518. The van der Waals surface area contributed by atoms with Gasteiger partial charge in [0.2, 0.25) is 0 Å². The molecule has 0 spiro atoms. The molecular weight excluding hydrogens is 166 g/mol. The van der Waals surface area contributed by atoms with E-state index in [2.05, 4.69) is 37.5 Å². The second-order valence-corrected chi connectivity index (χ2v) is 4.09. The standard InChI is InChI=1S/C10H17NS/c1-4-6-11-9(3)10-8(2)5-7-12-10/h5,7,9,11H,4,6H2,1-3H3/t9-/m1/s1. The second-order valence-electron chi connectivity index (χ2n) is 3.14. The van der Waals surface area contributed by atoms with Gasteiger partial charge in [0, 0.05) is 10.9 Å². The van der Waals surface area contributed by atoms with E-state index in [4.69, 9.17) is 0 Å². The van der Waals surface area contributed by atoms with Crippen molar-refractivity contribution in [1.29, 1.82) is 0 Å². The summed E-state index contributed by atoms with van der Waals surface area (Å²) in [5.41, 5.74) is 1.41. The maximum Gasteiger partial charge on any atom is 0.0388 e. The molecule has 1 rings (SSSR count). The van der Waals surface area contributed by atoms with Crippen molar-refractivity contribution in [2.75, 3.05) is 6.54 Å². The lowest BCUT2D eigenvalue weighted by Gasteiger charge is -2.12. The van der Waals surface area contributed by atoms with Gasteiger partial charge in [-0.2, -0.15) is 0 Å². The molecule has 1 nitrogen and oxygen atoms in total. The van der Waals surface area contributed by atoms with Crippen molar-refractivity contribution in [3.05, 3.63) is 21.9 Å². The predicted molar refractivity (Wildman–Crippen MR) is 55.8 cm³/mol. The Hall–Kier alpha value is -0.340. The molecule has 1 atom stereocenters. The average molecular weight is 183 g/mol. The van der Waals surface area contributed by atoms with Crippen LogP contribution in [-0.4, -0.2) is 6.54 Å². The van der Waals surface area contributed by atoms with E-state index in [1.54, 1.807) is 0 Å². The Morgan fingerprint density at radius 3 is 2.83 bits per heavy atom. The van der Waals surface area contributed by atoms with E-state index in [-0.39, 0.29) is 0 Å². The first-order valence-electron chi connectivity index (χ1n) is 4.53. The van der Waals surface area contributed by atoms with Crippen LogP contribution in [0.5, 0.6) is 0 Å². The lowest BCUT2D eigenvalue weighted by molar-refractivity contribution is 0.576.